The van der Waals surface area contributed by atoms with Gasteiger partial charge in [0, 0.05) is 24.0 Å². The van der Waals surface area contributed by atoms with E-state index in [2.05, 4.69) is 35.3 Å². The number of hydrogen-bond donors (Lipinski definition) is 2. The van der Waals surface area contributed by atoms with Gasteiger partial charge in [-0.25, -0.2) is 4.79 Å². The Labute approximate surface area is 154 Å². The van der Waals surface area contributed by atoms with Crippen LogP contribution in [0.15, 0.2) is 35.5 Å². The van der Waals surface area contributed by atoms with E-state index in [4.69, 9.17) is 4.74 Å². The predicted molar refractivity (Wildman–Crippen MR) is 98.7 cm³/mol. The Morgan fingerprint density at radius 1 is 1.38 bits per heavy atom. The number of carbonyl (C=O) groups excluding carboxylic acids is 1. The van der Waals surface area contributed by atoms with Gasteiger partial charge in [0.05, 0.1) is 24.2 Å². The smallest absolute Gasteiger partial charge is 0.335 e. The summed E-state index contributed by atoms with van der Waals surface area (Å²) >= 11 is 0. The number of anilines is 1. The topological polar surface area (TPSA) is 61.8 Å². The highest BCUT2D eigenvalue weighted by Gasteiger charge is 2.61. The van der Waals surface area contributed by atoms with Crippen LogP contribution in [0.4, 0.5) is 5.69 Å². The van der Waals surface area contributed by atoms with Crippen LogP contribution in [-0.2, 0) is 14.9 Å². The molecule has 5 heteroatoms. The maximum Gasteiger partial charge on any atom is 0.335 e. The lowest BCUT2D eigenvalue weighted by molar-refractivity contribution is -0.136. The number of carbonyl (C=O) groups is 1. The van der Waals surface area contributed by atoms with Crippen molar-refractivity contribution in [2.75, 3.05) is 25.5 Å². The Morgan fingerprint density at radius 3 is 3.00 bits per heavy atom. The van der Waals surface area contributed by atoms with E-state index in [1.807, 2.05) is 6.07 Å². The van der Waals surface area contributed by atoms with E-state index in [9.17, 15) is 9.90 Å². The normalized spacial score (nSPS) is 38.1. The number of aliphatic hydroxyl groups is 1. The third-order valence-corrected chi connectivity index (χ3v) is 7.18. The molecule has 2 saturated heterocycles. The minimum absolute atomic E-state index is 0.174. The zero-order valence-corrected chi connectivity index (χ0v) is 15.4. The first-order chi connectivity index (χ1) is 12.6. The molecule has 3 aliphatic heterocycles. The quantitative estimate of drug-likeness (QED) is 0.758. The summed E-state index contributed by atoms with van der Waals surface area (Å²) in [5.41, 5.74) is 4.07. The number of aliphatic hydroxyl groups excluding tert-OH is 1. The lowest BCUT2D eigenvalue weighted by Gasteiger charge is -2.45. The molecule has 3 heterocycles. The van der Waals surface area contributed by atoms with Crippen LogP contribution in [0.2, 0.25) is 0 Å². The van der Waals surface area contributed by atoms with Crippen molar-refractivity contribution < 1.29 is 14.6 Å². The number of benzene rings is 1. The van der Waals surface area contributed by atoms with E-state index < -0.39 is 0 Å². The van der Waals surface area contributed by atoms with Gasteiger partial charge in [-0.3, -0.25) is 4.90 Å². The van der Waals surface area contributed by atoms with E-state index in [1.165, 1.54) is 12.7 Å². The number of ether oxygens (including phenoxy) is 1. The first-order valence-electron chi connectivity index (χ1n) is 9.67. The van der Waals surface area contributed by atoms with Crippen molar-refractivity contribution in [1.82, 2.24) is 4.90 Å². The number of rotatable bonds is 1. The summed E-state index contributed by atoms with van der Waals surface area (Å²) in [6.07, 6.45) is 2.12. The molecule has 5 rings (SSSR count). The molecular formula is C21H26N2O3. The molecule has 0 radical (unpaired) electrons. The molecule has 0 bridgehead atoms. The number of fused-ring (bicyclic) bond motifs is 1. The summed E-state index contributed by atoms with van der Waals surface area (Å²) in [5, 5.41) is 14.3. The van der Waals surface area contributed by atoms with Crippen molar-refractivity contribution in [2.45, 2.75) is 43.7 Å². The van der Waals surface area contributed by atoms with Crippen LogP contribution in [0.25, 0.3) is 0 Å². The minimum atomic E-state index is -0.312. The number of nitrogens with one attached hydrogen (secondary N) is 1. The highest BCUT2D eigenvalue weighted by molar-refractivity contribution is 5.93. The van der Waals surface area contributed by atoms with E-state index >= 15 is 0 Å². The summed E-state index contributed by atoms with van der Waals surface area (Å²) in [5.74, 6) is 0.289. The van der Waals surface area contributed by atoms with Gasteiger partial charge in [0.2, 0.25) is 0 Å². The van der Waals surface area contributed by atoms with E-state index in [-0.39, 0.29) is 29.3 Å². The number of para-hydroxylation sites is 1. The van der Waals surface area contributed by atoms with Gasteiger partial charge in [-0.1, -0.05) is 25.1 Å². The van der Waals surface area contributed by atoms with Crippen LogP contribution in [0.3, 0.4) is 0 Å². The third kappa shape index (κ3) is 1.96. The highest BCUT2D eigenvalue weighted by atomic mass is 16.5. The number of esters is 1. The molecule has 1 aliphatic carbocycles. The van der Waals surface area contributed by atoms with Crippen molar-refractivity contribution in [3.8, 4) is 0 Å². The lowest BCUT2D eigenvalue weighted by Crippen LogP contribution is -2.51. The summed E-state index contributed by atoms with van der Waals surface area (Å²) in [4.78, 5) is 15.2. The number of methoxy groups -OCH3 is 1. The first kappa shape index (κ1) is 16.3. The molecule has 1 spiro atoms. The Bertz CT molecular complexity index is 804. The lowest BCUT2D eigenvalue weighted by atomic mass is 9.62. The van der Waals surface area contributed by atoms with Crippen molar-refractivity contribution >= 4 is 11.7 Å². The largest absolute Gasteiger partial charge is 0.466 e. The van der Waals surface area contributed by atoms with Crippen LogP contribution in [0.1, 0.15) is 31.7 Å². The molecule has 0 saturated carbocycles. The van der Waals surface area contributed by atoms with Gasteiger partial charge in [-0.05, 0) is 49.3 Å². The highest BCUT2D eigenvalue weighted by Crippen LogP contribution is 2.60. The fraction of sp³-hybridized carbons (Fsp3) is 0.571. The van der Waals surface area contributed by atoms with Gasteiger partial charge in [0.1, 0.15) is 0 Å². The van der Waals surface area contributed by atoms with Gasteiger partial charge < -0.3 is 15.2 Å². The molecule has 2 N–H and O–H groups in total. The summed E-state index contributed by atoms with van der Waals surface area (Å²) in [6.45, 7) is 4.07. The maximum absolute atomic E-state index is 12.6. The molecule has 0 amide bonds. The molecule has 5 nitrogen and oxygen atoms in total. The summed E-state index contributed by atoms with van der Waals surface area (Å²) < 4.78 is 5.15. The van der Waals surface area contributed by atoms with Gasteiger partial charge in [0.15, 0.2) is 0 Å². The molecule has 1 aromatic rings. The first-order valence-corrected chi connectivity index (χ1v) is 9.67. The van der Waals surface area contributed by atoms with Crippen molar-refractivity contribution in [2.24, 2.45) is 11.8 Å². The molecule has 2 fully saturated rings. The van der Waals surface area contributed by atoms with Crippen LogP contribution < -0.4 is 5.32 Å². The van der Waals surface area contributed by atoms with E-state index in [1.54, 1.807) is 0 Å². The zero-order chi connectivity index (χ0) is 18.1. The average molecular weight is 354 g/mol. The third-order valence-electron chi connectivity index (χ3n) is 7.18. The average Bonchev–Trinajstić information content (AvgIpc) is 3.15. The number of hydrogen-bond acceptors (Lipinski definition) is 5. The fourth-order valence-electron chi connectivity index (χ4n) is 6.13. The van der Waals surface area contributed by atoms with Crippen LogP contribution in [0, 0.1) is 11.8 Å². The van der Waals surface area contributed by atoms with Crippen molar-refractivity contribution in [3.63, 3.8) is 0 Å². The predicted octanol–water partition coefficient (Wildman–Crippen LogP) is 2.27. The maximum atomic E-state index is 12.6. The second kappa shape index (κ2) is 5.57. The minimum Gasteiger partial charge on any atom is -0.466 e. The Hall–Kier alpha value is -1.85. The molecule has 138 valence electrons. The van der Waals surface area contributed by atoms with Crippen LogP contribution >= 0.6 is 0 Å². The zero-order valence-electron chi connectivity index (χ0n) is 15.4. The van der Waals surface area contributed by atoms with Gasteiger partial charge in [-0.2, -0.15) is 0 Å². The molecule has 0 unspecified atom stereocenters. The summed E-state index contributed by atoms with van der Waals surface area (Å²) in [7, 11) is 1.46. The second-order valence-corrected chi connectivity index (χ2v) is 8.42. The standard InChI is InChI=1S/C21H26N2O3/c1-12-11-23-8-7-21-15-5-3-4-6-16(15)22-18(21)14(20(25)26-2)9-13(19(21)23)10-17(12)24/h3-6,12-13,17,19,22,24H,7-11H2,1-2H3/t12-,13+,17-,19-,21-/m1/s1. The Morgan fingerprint density at radius 2 is 2.19 bits per heavy atom. The van der Waals surface area contributed by atoms with Gasteiger partial charge >= 0.3 is 5.97 Å². The molecular weight excluding hydrogens is 328 g/mol. The Kier molecular flexibility index (Phi) is 3.50. The monoisotopic (exact) mass is 354 g/mol. The Balaban J connectivity index is 1.74. The van der Waals surface area contributed by atoms with Crippen molar-refractivity contribution in [1.29, 1.82) is 0 Å². The van der Waals surface area contributed by atoms with Crippen LogP contribution in [0.5, 0.6) is 0 Å². The van der Waals surface area contributed by atoms with Crippen molar-refractivity contribution in [3.05, 3.63) is 41.1 Å². The van der Waals surface area contributed by atoms with E-state index in [0.717, 1.165) is 42.9 Å². The molecule has 26 heavy (non-hydrogen) atoms. The van der Waals surface area contributed by atoms with Gasteiger partial charge in [-0.15, -0.1) is 0 Å². The van der Waals surface area contributed by atoms with Gasteiger partial charge in [0.25, 0.3) is 0 Å². The number of nitrogens with zero attached hydrogens (tertiary/aromatic N) is 1. The molecule has 5 atom stereocenters. The van der Waals surface area contributed by atoms with E-state index in [0.29, 0.717) is 12.5 Å². The second-order valence-electron chi connectivity index (χ2n) is 8.42. The summed E-state index contributed by atoms with van der Waals surface area (Å²) in [6, 6.07) is 8.79. The van der Waals surface area contributed by atoms with Crippen LogP contribution in [-0.4, -0.2) is 48.3 Å². The SMILES string of the molecule is COC(=O)C1=C2Nc3ccccc3[C@]23CCN2C[C@@H](C)[C@H](O)C[C@H](C1)[C@@H]23. The molecule has 0 aromatic heterocycles. The fourth-order valence-corrected chi connectivity index (χ4v) is 6.13. The molecule has 1 aromatic carbocycles. The molecule has 4 aliphatic rings.